The molecule has 0 fully saturated rings. The third kappa shape index (κ3) is 5.63. The van der Waals surface area contributed by atoms with Crippen LogP contribution in [0.2, 0.25) is 0 Å². The molecule has 0 bridgehead atoms. The smallest absolute Gasteiger partial charge is 0.225 e. The van der Waals surface area contributed by atoms with Crippen LogP contribution in [0.1, 0.15) is 37.3 Å². The highest BCUT2D eigenvalue weighted by Gasteiger charge is 2.13. The lowest BCUT2D eigenvalue weighted by molar-refractivity contribution is 0.578. The molecule has 8 heteroatoms. The summed E-state index contributed by atoms with van der Waals surface area (Å²) in [5.74, 6) is 0.348. The molecule has 0 saturated heterocycles. The van der Waals surface area contributed by atoms with E-state index < -0.39 is 20.0 Å². The van der Waals surface area contributed by atoms with Gasteiger partial charge in [0.2, 0.25) is 20.0 Å². The van der Waals surface area contributed by atoms with Crippen molar-refractivity contribution in [1.29, 1.82) is 0 Å². The van der Waals surface area contributed by atoms with Gasteiger partial charge in [0.25, 0.3) is 0 Å². The molecular weight excluding hydrogens is 372 g/mol. The Morgan fingerprint density at radius 2 is 1.42 bits per heavy atom. The van der Waals surface area contributed by atoms with E-state index in [1.807, 2.05) is 12.1 Å². The maximum absolute atomic E-state index is 12.3. The molecule has 0 heterocycles. The van der Waals surface area contributed by atoms with Crippen molar-refractivity contribution in [2.75, 3.05) is 6.54 Å². The molecule has 26 heavy (non-hydrogen) atoms. The van der Waals surface area contributed by atoms with Gasteiger partial charge in [0.05, 0.1) is 9.79 Å². The average Bonchev–Trinajstić information content (AvgIpc) is 2.58. The van der Waals surface area contributed by atoms with Crippen molar-refractivity contribution >= 4 is 20.0 Å². The quantitative estimate of drug-likeness (QED) is 0.668. The average molecular weight is 397 g/mol. The van der Waals surface area contributed by atoms with E-state index in [0.29, 0.717) is 25.3 Å². The minimum absolute atomic E-state index is 0.0618. The lowest BCUT2D eigenvalue weighted by Crippen LogP contribution is -2.25. The second-order valence-corrected chi connectivity index (χ2v) is 9.74. The van der Waals surface area contributed by atoms with Crippen LogP contribution in [0, 0.1) is 0 Å². The monoisotopic (exact) mass is 396 g/mol. The third-order valence-corrected chi connectivity index (χ3v) is 6.45. The summed E-state index contributed by atoms with van der Waals surface area (Å²) < 4.78 is 49.6. The largest absolute Gasteiger partial charge is 0.240 e. The zero-order valence-electron chi connectivity index (χ0n) is 14.8. The predicted octanol–water partition coefficient (Wildman–Crippen LogP) is 2.37. The summed E-state index contributed by atoms with van der Waals surface area (Å²) in [7, 11) is -7.22. The molecule has 0 saturated carbocycles. The van der Waals surface area contributed by atoms with Crippen LogP contribution in [-0.4, -0.2) is 23.4 Å². The van der Waals surface area contributed by atoms with E-state index in [1.54, 1.807) is 24.3 Å². The standard InChI is InChI=1S/C18H24N2O4S2/c1-14(2)16-7-11-18(12-8-16)26(23,24)20-13-3-4-15-5-9-17(10-6-15)25(19,21)22/h5-12,14,20H,3-4,13H2,1-2H3,(H2,19,21,22). The van der Waals surface area contributed by atoms with E-state index in [4.69, 9.17) is 5.14 Å². The van der Waals surface area contributed by atoms with E-state index in [9.17, 15) is 16.8 Å². The van der Waals surface area contributed by atoms with E-state index in [-0.39, 0.29) is 9.79 Å². The van der Waals surface area contributed by atoms with Gasteiger partial charge in [-0.15, -0.1) is 0 Å². The molecule has 0 aliphatic heterocycles. The first-order chi connectivity index (χ1) is 12.1. The molecule has 0 unspecified atom stereocenters. The fraction of sp³-hybridized carbons (Fsp3) is 0.333. The molecule has 2 rings (SSSR count). The minimum Gasteiger partial charge on any atom is -0.225 e. The van der Waals surface area contributed by atoms with Crippen molar-refractivity contribution in [3.05, 3.63) is 59.7 Å². The zero-order valence-corrected chi connectivity index (χ0v) is 16.5. The van der Waals surface area contributed by atoms with Crippen LogP contribution in [0.4, 0.5) is 0 Å². The summed E-state index contributed by atoms with van der Waals surface area (Å²) in [6.45, 7) is 4.40. The van der Waals surface area contributed by atoms with Crippen LogP contribution >= 0.6 is 0 Å². The van der Waals surface area contributed by atoms with Crippen molar-refractivity contribution < 1.29 is 16.8 Å². The molecule has 0 amide bonds. The summed E-state index contributed by atoms with van der Waals surface area (Å²) in [5, 5.41) is 5.05. The number of hydrogen-bond acceptors (Lipinski definition) is 4. The van der Waals surface area contributed by atoms with Crippen LogP contribution in [0.15, 0.2) is 58.3 Å². The van der Waals surface area contributed by atoms with E-state index in [2.05, 4.69) is 18.6 Å². The number of rotatable bonds is 8. The summed E-state index contributed by atoms with van der Waals surface area (Å²) in [6.07, 6.45) is 1.22. The second-order valence-electron chi connectivity index (χ2n) is 6.41. The number of nitrogens with two attached hydrogens (primary N) is 1. The second kappa shape index (κ2) is 8.30. The maximum Gasteiger partial charge on any atom is 0.240 e. The number of primary sulfonamides is 1. The molecular formula is C18H24N2O4S2. The van der Waals surface area contributed by atoms with Crippen LogP contribution in [-0.2, 0) is 26.5 Å². The number of aryl methyl sites for hydroxylation is 1. The molecule has 142 valence electrons. The van der Waals surface area contributed by atoms with E-state index in [0.717, 1.165) is 11.1 Å². The van der Waals surface area contributed by atoms with Gasteiger partial charge >= 0.3 is 0 Å². The Hall–Kier alpha value is -1.74. The number of benzene rings is 2. The highest BCUT2D eigenvalue weighted by Crippen LogP contribution is 2.17. The molecule has 0 aliphatic rings. The highest BCUT2D eigenvalue weighted by atomic mass is 32.2. The first kappa shape index (κ1) is 20.6. The van der Waals surface area contributed by atoms with Gasteiger partial charge in [-0.25, -0.2) is 26.7 Å². The third-order valence-electron chi connectivity index (χ3n) is 4.04. The van der Waals surface area contributed by atoms with Gasteiger partial charge in [-0.3, -0.25) is 0 Å². The highest BCUT2D eigenvalue weighted by molar-refractivity contribution is 7.89. The molecule has 2 aromatic rings. The Morgan fingerprint density at radius 1 is 0.885 bits per heavy atom. The van der Waals surface area contributed by atoms with Crippen molar-refractivity contribution in [3.8, 4) is 0 Å². The number of hydrogen-bond donors (Lipinski definition) is 2. The molecule has 2 aromatic carbocycles. The van der Waals surface area contributed by atoms with E-state index in [1.165, 1.54) is 12.1 Å². The fourth-order valence-electron chi connectivity index (χ4n) is 2.46. The van der Waals surface area contributed by atoms with Crippen molar-refractivity contribution in [3.63, 3.8) is 0 Å². The van der Waals surface area contributed by atoms with Crippen molar-refractivity contribution in [2.45, 2.75) is 42.4 Å². The molecule has 3 N–H and O–H groups in total. The topological polar surface area (TPSA) is 106 Å². The Balaban J connectivity index is 1.88. The van der Waals surface area contributed by atoms with Crippen molar-refractivity contribution in [1.82, 2.24) is 4.72 Å². The van der Waals surface area contributed by atoms with Crippen LogP contribution in [0.3, 0.4) is 0 Å². The molecule has 0 aromatic heterocycles. The zero-order chi connectivity index (χ0) is 19.4. The van der Waals surface area contributed by atoms with Crippen molar-refractivity contribution in [2.24, 2.45) is 5.14 Å². The Kier molecular flexibility index (Phi) is 6.57. The molecule has 6 nitrogen and oxygen atoms in total. The van der Waals surface area contributed by atoms with Gasteiger partial charge in [0.15, 0.2) is 0 Å². The fourth-order valence-corrected chi connectivity index (χ4v) is 4.05. The van der Waals surface area contributed by atoms with Gasteiger partial charge < -0.3 is 0 Å². The molecule has 0 radical (unpaired) electrons. The van der Waals surface area contributed by atoms with Gasteiger partial charge in [-0.2, -0.15) is 0 Å². The van der Waals surface area contributed by atoms with Crippen LogP contribution < -0.4 is 9.86 Å². The van der Waals surface area contributed by atoms with Gasteiger partial charge in [-0.1, -0.05) is 38.1 Å². The molecule has 0 aliphatic carbocycles. The Labute approximate surface area is 155 Å². The SMILES string of the molecule is CC(C)c1ccc(S(=O)(=O)NCCCc2ccc(S(N)(=O)=O)cc2)cc1. The minimum atomic E-state index is -3.70. The van der Waals surface area contributed by atoms with E-state index >= 15 is 0 Å². The summed E-state index contributed by atoms with van der Waals surface area (Å²) in [4.78, 5) is 0.311. The predicted molar refractivity (Wildman–Crippen MR) is 102 cm³/mol. The van der Waals surface area contributed by atoms with Gasteiger partial charge in [0, 0.05) is 6.54 Å². The normalized spacial score (nSPS) is 12.5. The molecule has 0 spiro atoms. The molecule has 0 atom stereocenters. The first-order valence-electron chi connectivity index (χ1n) is 8.31. The lowest BCUT2D eigenvalue weighted by atomic mass is 10.0. The van der Waals surface area contributed by atoms with Gasteiger partial charge in [0.1, 0.15) is 0 Å². The first-order valence-corrected chi connectivity index (χ1v) is 11.3. The summed E-state index contributed by atoms with van der Waals surface area (Å²) >= 11 is 0. The summed E-state index contributed by atoms with van der Waals surface area (Å²) in [5.41, 5.74) is 2.00. The Morgan fingerprint density at radius 3 is 1.92 bits per heavy atom. The maximum atomic E-state index is 12.3. The Bertz CT molecular complexity index is 934. The summed E-state index contributed by atoms with van der Waals surface area (Å²) in [6, 6.07) is 13.1. The number of nitrogens with one attached hydrogen (secondary N) is 1. The van der Waals surface area contributed by atoms with Gasteiger partial charge in [-0.05, 0) is 54.2 Å². The lowest BCUT2D eigenvalue weighted by Gasteiger charge is -2.09. The number of sulfonamides is 2. The van der Waals surface area contributed by atoms with Crippen LogP contribution in [0.25, 0.3) is 0 Å². The van der Waals surface area contributed by atoms with Crippen LogP contribution in [0.5, 0.6) is 0 Å².